The van der Waals surface area contributed by atoms with Crippen LogP contribution in [0.3, 0.4) is 0 Å². The summed E-state index contributed by atoms with van der Waals surface area (Å²) in [6.07, 6.45) is 5.21. The van der Waals surface area contributed by atoms with E-state index < -0.39 is 5.60 Å². The molecule has 2 heterocycles. The smallest absolute Gasteiger partial charge is 0.121 e. The van der Waals surface area contributed by atoms with Crippen LogP contribution < -0.4 is 0 Å². The van der Waals surface area contributed by atoms with Crippen LogP contribution in [0.25, 0.3) is 0 Å². The van der Waals surface area contributed by atoms with Gasteiger partial charge in [-0.05, 0) is 12.1 Å². The highest BCUT2D eigenvalue weighted by Gasteiger charge is 2.34. The Morgan fingerprint density at radius 3 is 2.65 bits per heavy atom. The summed E-state index contributed by atoms with van der Waals surface area (Å²) < 4.78 is 7.24. The van der Waals surface area contributed by atoms with E-state index in [4.69, 9.17) is 27.9 Å². The number of aliphatic hydroxyl groups is 1. The van der Waals surface area contributed by atoms with Crippen LogP contribution in [0.1, 0.15) is 5.56 Å². The lowest BCUT2D eigenvalue weighted by molar-refractivity contribution is -0.0448. The van der Waals surface area contributed by atoms with Crippen LogP contribution in [-0.2, 0) is 16.9 Å². The predicted octanol–water partition coefficient (Wildman–Crippen LogP) is 2.41. The van der Waals surface area contributed by atoms with E-state index in [1.54, 1.807) is 30.7 Å². The van der Waals surface area contributed by atoms with Crippen molar-refractivity contribution in [1.82, 2.24) is 14.5 Å². The van der Waals surface area contributed by atoms with Crippen LogP contribution >= 0.6 is 23.2 Å². The summed E-state index contributed by atoms with van der Waals surface area (Å²) in [5.74, 6) is 0. The molecule has 0 aliphatic carbocycles. The molecular weight excluding hydrogens is 337 g/mol. The maximum atomic E-state index is 11.4. The summed E-state index contributed by atoms with van der Waals surface area (Å²) in [7, 11) is 0. The molecule has 1 aliphatic heterocycles. The number of hydrogen-bond acceptors (Lipinski definition) is 4. The lowest BCUT2D eigenvalue weighted by Gasteiger charge is -2.37. The second-order valence-corrected chi connectivity index (χ2v) is 6.62. The number of aromatic nitrogens is 2. The molecule has 1 N–H and O–H groups in total. The number of imidazole rings is 1. The zero-order valence-electron chi connectivity index (χ0n) is 12.7. The van der Waals surface area contributed by atoms with Gasteiger partial charge in [0.1, 0.15) is 5.60 Å². The van der Waals surface area contributed by atoms with Gasteiger partial charge in [0.15, 0.2) is 0 Å². The fourth-order valence-corrected chi connectivity index (χ4v) is 3.48. The van der Waals surface area contributed by atoms with Crippen molar-refractivity contribution >= 4 is 23.2 Å². The molecule has 1 unspecified atom stereocenters. The average Bonchev–Trinajstić information content (AvgIpc) is 3.00. The van der Waals surface area contributed by atoms with E-state index in [1.807, 2.05) is 10.8 Å². The highest BCUT2D eigenvalue weighted by molar-refractivity contribution is 6.35. The molecule has 1 aromatic carbocycles. The monoisotopic (exact) mass is 355 g/mol. The summed E-state index contributed by atoms with van der Waals surface area (Å²) in [6, 6.07) is 5.21. The zero-order valence-corrected chi connectivity index (χ0v) is 14.2. The van der Waals surface area contributed by atoms with E-state index in [0.29, 0.717) is 41.9 Å². The molecule has 1 atom stereocenters. The lowest BCUT2D eigenvalue weighted by Crippen LogP contribution is -2.48. The normalized spacial score (nSPS) is 18.7. The highest BCUT2D eigenvalue weighted by Crippen LogP contribution is 2.33. The molecule has 0 radical (unpaired) electrons. The van der Waals surface area contributed by atoms with Crippen LogP contribution in [0, 0.1) is 0 Å². The fraction of sp³-hybridized carbons (Fsp3) is 0.438. The van der Waals surface area contributed by atoms with E-state index in [2.05, 4.69) is 9.88 Å². The molecule has 0 saturated carbocycles. The van der Waals surface area contributed by atoms with Crippen molar-refractivity contribution in [3.05, 3.63) is 52.5 Å². The summed E-state index contributed by atoms with van der Waals surface area (Å²) in [4.78, 5) is 6.23. The molecule has 1 aromatic heterocycles. The third-order valence-corrected chi connectivity index (χ3v) is 4.57. The highest BCUT2D eigenvalue weighted by atomic mass is 35.5. The van der Waals surface area contributed by atoms with E-state index in [-0.39, 0.29) is 0 Å². The number of benzene rings is 1. The standard InChI is InChI=1S/C16H19Cl2N3O2/c17-13-1-2-14(15(18)9-13)16(22,11-21-4-3-19-12-21)10-20-5-7-23-8-6-20/h1-4,9,12,22H,5-8,10-11H2. The molecule has 2 aromatic rings. The van der Waals surface area contributed by atoms with E-state index >= 15 is 0 Å². The average molecular weight is 356 g/mol. The van der Waals surface area contributed by atoms with Gasteiger partial charge in [0.05, 0.1) is 26.1 Å². The predicted molar refractivity (Wildman–Crippen MR) is 89.8 cm³/mol. The largest absolute Gasteiger partial charge is 0.382 e. The number of morpholine rings is 1. The molecule has 3 rings (SSSR count). The first-order valence-electron chi connectivity index (χ1n) is 7.51. The number of hydrogen-bond donors (Lipinski definition) is 1. The molecule has 1 aliphatic rings. The maximum absolute atomic E-state index is 11.4. The minimum Gasteiger partial charge on any atom is -0.382 e. The van der Waals surface area contributed by atoms with Gasteiger partial charge in [0, 0.05) is 47.6 Å². The quantitative estimate of drug-likeness (QED) is 0.894. The van der Waals surface area contributed by atoms with Crippen LogP contribution in [0.2, 0.25) is 10.0 Å². The summed E-state index contributed by atoms with van der Waals surface area (Å²) in [5, 5.41) is 12.4. The summed E-state index contributed by atoms with van der Waals surface area (Å²) >= 11 is 12.4. The molecule has 7 heteroatoms. The van der Waals surface area contributed by atoms with Crippen molar-refractivity contribution in [3.63, 3.8) is 0 Å². The van der Waals surface area contributed by atoms with Crippen molar-refractivity contribution < 1.29 is 9.84 Å². The Labute approximate surface area is 145 Å². The van der Waals surface area contributed by atoms with Gasteiger partial charge in [-0.25, -0.2) is 4.98 Å². The number of β-amino-alcohol motifs (C(OH)–C–C–N with tert-alkyl or cyclic N) is 1. The van der Waals surface area contributed by atoms with Gasteiger partial charge in [-0.15, -0.1) is 0 Å². The first-order chi connectivity index (χ1) is 11.1. The summed E-state index contributed by atoms with van der Waals surface area (Å²) in [5.41, 5.74) is -0.469. The zero-order chi connectivity index (χ0) is 16.3. The van der Waals surface area contributed by atoms with Crippen molar-refractivity contribution in [2.24, 2.45) is 0 Å². The van der Waals surface area contributed by atoms with Gasteiger partial charge in [-0.2, -0.15) is 0 Å². The molecule has 124 valence electrons. The SMILES string of the molecule is OC(CN1CCOCC1)(Cn1ccnc1)c1ccc(Cl)cc1Cl. The summed E-state index contributed by atoms with van der Waals surface area (Å²) in [6.45, 7) is 3.77. The Bertz CT molecular complexity index is 645. The van der Waals surface area contributed by atoms with Gasteiger partial charge < -0.3 is 14.4 Å². The molecule has 0 spiro atoms. The lowest BCUT2D eigenvalue weighted by atomic mass is 9.92. The van der Waals surface area contributed by atoms with Crippen molar-refractivity contribution in [1.29, 1.82) is 0 Å². The van der Waals surface area contributed by atoms with Crippen LogP contribution in [0.5, 0.6) is 0 Å². The van der Waals surface area contributed by atoms with Gasteiger partial charge in [-0.3, -0.25) is 4.90 Å². The van der Waals surface area contributed by atoms with Crippen molar-refractivity contribution in [2.45, 2.75) is 12.1 Å². The molecule has 1 fully saturated rings. The fourth-order valence-electron chi connectivity index (χ4n) is 2.90. The van der Waals surface area contributed by atoms with Crippen LogP contribution in [0.4, 0.5) is 0 Å². The number of ether oxygens (including phenoxy) is 1. The Morgan fingerprint density at radius 2 is 2.00 bits per heavy atom. The van der Waals surface area contributed by atoms with E-state index in [9.17, 15) is 5.11 Å². The minimum atomic E-state index is -1.14. The van der Waals surface area contributed by atoms with E-state index in [1.165, 1.54) is 0 Å². The maximum Gasteiger partial charge on any atom is 0.121 e. The Hall–Kier alpha value is -1.11. The third kappa shape index (κ3) is 4.05. The first kappa shape index (κ1) is 16.7. The molecule has 0 bridgehead atoms. The number of nitrogens with zero attached hydrogens (tertiary/aromatic N) is 3. The third-order valence-electron chi connectivity index (χ3n) is 4.02. The number of rotatable bonds is 5. The molecular formula is C16H19Cl2N3O2. The van der Waals surface area contributed by atoms with Crippen LogP contribution in [0.15, 0.2) is 36.9 Å². The molecule has 1 saturated heterocycles. The van der Waals surface area contributed by atoms with Gasteiger partial charge in [0.25, 0.3) is 0 Å². The van der Waals surface area contributed by atoms with Gasteiger partial charge >= 0.3 is 0 Å². The van der Waals surface area contributed by atoms with Crippen LogP contribution in [-0.4, -0.2) is 52.4 Å². The first-order valence-corrected chi connectivity index (χ1v) is 8.26. The van der Waals surface area contributed by atoms with Gasteiger partial charge in [-0.1, -0.05) is 29.3 Å². The second kappa shape index (κ2) is 7.20. The Balaban J connectivity index is 1.90. The Morgan fingerprint density at radius 1 is 1.22 bits per heavy atom. The Kier molecular flexibility index (Phi) is 5.24. The van der Waals surface area contributed by atoms with Crippen molar-refractivity contribution in [2.75, 3.05) is 32.8 Å². The second-order valence-electron chi connectivity index (χ2n) is 5.78. The number of halogens is 2. The van der Waals surface area contributed by atoms with Gasteiger partial charge in [0.2, 0.25) is 0 Å². The van der Waals surface area contributed by atoms with Crippen molar-refractivity contribution in [3.8, 4) is 0 Å². The molecule has 5 nitrogen and oxygen atoms in total. The molecule has 23 heavy (non-hydrogen) atoms. The molecule has 0 amide bonds. The minimum absolute atomic E-state index is 0.367. The van der Waals surface area contributed by atoms with E-state index in [0.717, 1.165) is 13.1 Å². The topological polar surface area (TPSA) is 50.5 Å².